The van der Waals surface area contributed by atoms with E-state index in [0.717, 1.165) is 0 Å². The summed E-state index contributed by atoms with van der Waals surface area (Å²) in [6.45, 7) is 13.3. The molecule has 0 radical (unpaired) electrons. The predicted molar refractivity (Wildman–Crippen MR) is 218 cm³/mol. The second kappa shape index (κ2) is 35.3. The minimum Gasteiger partial charge on any atom is -0.465 e. The molecule has 1 aromatic carbocycles. The lowest BCUT2D eigenvalue weighted by molar-refractivity contribution is -0.142. The Morgan fingerprint density at radius 1 is 0.429 bits per heavy atom. The van der Waals surface area contributed by atoms with Crippen molar-refractivity contribution in [1.82, 2.24) is 0 Å². The molecule has 0 saturated heterocycles. The Morgan fingerprint density at radius 3 is 1.02 bits per heavy atom. The van der Waals surface area contributed by atoms with Gasteiger partial charge in [0.1, 0.15) is 58.5 Å². The summed E-state index contributed by atoms with van der Waals surface area (Å²) < 4.78 is 52.4. The zero-order valence-electron chi connectivity index (χ0n) is 37.0. The van der Waals surface area contributed by atoms with Crippen molar-refractivity contribution >= 4 is 54.1 Å². The number of hydrogen-bond donors (Lipinski definition) is 4. The van der Waals surface area contributed by atoms with E-state index in [1.807, 2.05) is 6.92 Å². The van der Waals surface area contributed by atoms with Crippen LogP contribution in [0.25, 0.3) is 0 Å². The highest BCUT2D eigenvalue weighted by atomic mass is 35.5. The smallest absolute Gasteiger partial charge is 0.465 e. The monoisotopic (exact) mass is 930 g/mol. The lowest BCUT2D eigenvalue weighted by atomic mass is 10.1. The Hall–Kier alpha value is -5.16. The number of carbonyl (C=O) groups excluding carboxylic acids is 7. The van der Waals surface area contributed by atoms with Gasteiger partial charge in [-0.3, -0.25) is 4.79 Å². The lowest BCUT2D eigenvalue weighted by Crippen LogP contribution is -2.25. The van der Waals surface area contributed by atoms with Crippen LogP contribution in [-0.2, 0) is 56.9 Å². The van der Waals surface area contributed by atoms with E-state index >= 15 is 0 Å². The number of aliphatic hydroxyl groups is 4. The van der Waals surface area contributed by atoms with E-state index in [4.69, 9.17) is 60.4 Å². The van der Waals surface area contributed by atoms with Crippen molar-refractivity contribution in [2.45, 2.75) is 98.9 Å². The number of alkyl halides is 1. The number of esters is 3. The van der Waals surface area contributed by atoms with Crippen molar-refractivity contribution in [3.8, 4) is 0 Å². The largest absolute Gasteiger partial charge is 0.508 e. The molecule has 1 rings (SSSR count). The van der Waals surface area contributed by atoms with E-state index in [1.165, 1.54) is 72.7 Å². The quantitative estimate of drug-likeness (QED) is 0.0686. The Morgan fingerprint density at radius 2 is 0.714 bits per heavy atom. The minimum atomic E-state index is -0.997. The van der Waals surface area contributed by atoms with E-state index < -0.39 is 73.2 Å². The van der Waals surface area contributed by atoms with Crippen molar-refractivity contribution in [2.24, 2.45) is 11.8 Å². The van der Waals surface area contributed by atoms with Gasteiger partial charge in [-0.15, -0.1) is 11.6 Å². The highest BCUT2D eigenvalue weighted by Gasteiger charge is 2.18. The number of ether oxygens (including phenoxy) is 11. The van der Waals surface area contributed by atoms with E-state index in [9.17, 15) is 33.6 Å². The molecule has 0 amide bonds. The van der Waals surface area contributed by atoms with Crippen LogP contribution in [0.3, 0.4) is 0 Å². The topological polar surface area (TPSA) is 302 Å². The number of rotatable bonds is 23. The van der Waals surface area contributed by atoms with Crippen LogP contribution in [0, 0.1) is 11.8 Å². The van der Waals surface area contributed by atoms with Crippen molar-refractivity contribution < 1.29 is 106 Å². The van der Waals surface area contributed by atoms with Gasteiger partial charge in [0, 0.05) is 24.6 Å². The fourth-order valence-electron chi connectivity index (χ4n) is 3.37. The second-order valence-corrected chi connectivity index (χ2v) is 14.4. The Bertz CT molecular complexity index is 1400. The average Bonchev–Trinajstić information content (AvgIpc) is 3.22. The van der Waals surface area contributed by atoms with E-state index in [2.05, 4.69) is 23.7 Å². The van der Waals surface area contributed by atoms with Crippen molar-refractivity contribution in [1.29, 1.82) is 0 Å². The molecule has 4 N–H and O–H groups in total. The van der Waals surface area contributed by atoms with Crippen LogP contribution in [0.4, 0.5) is 19.2 Å². The van der Waals surface area contributed by atoms with Crippen LogP contribution in [0.15, 0.2) is 24.3 Å². The molecule has 0 aliphatic carbocycles. The third-order valence-electron chi connectivity index (χ3n) is 6.42. The van der Waals surface area contributed by atoms with Gasteiger partial charge in [-0.25, -0.2) is 28.8 Å². The Labute approximate surface area is 371 Å². The molecular weight excluding hydrogens is 868 g/mol. The van der Waals surface area contributed by atoms with Gasteiger partial charge < -0.3 is 72.5 Å². The van der Waals surface area contributed by atoms with Gasteiger partial charge in [-0.05, 0) is 65.8 Å². The average molecular weight is 931 g/mol. The summed E-state index contributed by atoms with van der Waals surface area (Å²) in [5, 5.41) is 35.7. The molecule has 0 aromatic heterocycles. The van der Waals surface area contributed by atoms with E-state index in [0.29, 0.717) is 5.88 Å². The molecule has 63 heavy (non-hydrogen) atoms. The fraction of sp³-hybridized carbons (Fsp3) is 0.675. The molecule has 0 bridgehead atoms. The Balaban J connectivity index is 0. The molecule has 0 heterocycles. The first-order chi connectivity index (χ1) is 29.4. The molecule has 0 aliphatic rings. The van der Waals surface area contributed by atoms with Gasteiger partial charge in [0.05, 0.1) is 48.8 Å². The van der Waals surface area contributed by atoms with Crippen LogP contribution < -0.4 is 0 Å². The van der Waals surface area contributed by atoms with Crippen molar-refractivity contribution in [3.63, 3.8) is 0 Å². The SMILES string of the molecule is CC(=O)OCC(C)COC(=O)OCC(C)O.CC(O)COC(=O)OC(C)COC(=O)c1ccc(C(=O)OCC(C)OC(=O)OCC(C)O)cc1.CC(O)COC(=O)OCC(C)CCl. The number of carbonyl (C=O) groups is 7. The third kappa shape index (κ3) is 37.1. The molecule has 0 spiro atoms. The number of benzene rings is 1. The highest BCUT2D eigenvalue weighted by molar-refractivity contribution is 6.18. The summed E-state index contributed by atoms with van der Waals surface area (Å²) in [4.78, 5) is 79.2. The molecule has 8 unspecified atom stereocenters. The van der Waals surface area contributed by atoms with Gasteiger partial charge in [-0.1, -0.05) is 13.8 Å². The number of halogens is 1. The predicted octanol–water partition coefficient (Wildman–Crippen LogP) is 3.96. The van der Waals surface area contributed by atoms with Crippen LogP contribution in [-0.4, -0.2) is 165 Å². The number of aliphatic hydroxyl groups excluding tert-OH is 4. The van der Waals surface area contributed by atoms with Crippen molar-refractivity contribution in [3.05, 3.63) is 35.4 Å². The molecule has 0 saturated carbocycles. The number of hydrogen-bond acceptors (Lipinski definition) is 22. The van der Waals surface area contributed by atoms with Gasteiger partial charge in [0.25, 0.3) is 0 Å². The molecule has 362 valence electrons. The summed E-state index contributed by atoms with van der Waals surface area (Å²) in [6.07, 6.45) is -8.21. The molecule has 23 heteroatoms. The van der Waals surface area contributed by atoms with Crippen LogP contribution in [0.2, 0.25) is 0 Å². The van der Waals surface area contributed by atoms with Crippen molar-refractivity contribution in [2.75, 3.05) is 65.3 Å². The van der Waals surface area contributed by atoms with Crippen LogP contribution in [0.1, 0.15) is 83.0 Å². The first-order valence-electron chi connectivity index (χ1n) is 19.6. The molecule has 0 fully saturated rings. The molecule has 8 atom stereocenters. The van der Waals surface area contributed by atoms with Gasteiger partial charge in [0.2, 0.25) is 0 Å². The third-order valence-corrected chi connectivity index (χ3v) is 6.95. The summed E-state index contributed by atoms with van der Waals surface area (Å²) >= 11 is 5.49. The van der Waals surface area contributed by atoms with E-state index in [-0.39, 0.29) is 88.4 Å². The Kier molecular flexibility index (Phi) is 33.6. The zero-order chi connectivity index (χ0) is 48.5. The molecule has 22 nitrogen and oxygen atoms in total. The van der Waals surface area contributed by atoms with E-state index in [1.54, 1.807) is 6.92 Å². The standard InChI is InChI=1S/C22H30O12.C10H18O6.C8H15ClO4/c1-13(23)9-31-21(27)33-15(3)11-29-19(25)17-5-7-18(8-6-17)20(26)30-12-16(4)34-22(28)32-10-14(2)24;1-7(4-14-9(3)12)5-15-10(13)16-6-8(2)11;1-6(3-9)4-12-8(11)13-5-7(2)10/h5-8,13-16,23-24H,9-12H2,1-4H3;7-8,11H,4-6H2,1-3H3;6-7,10H,3-5H2,1-2H3. The van der Waals surface area contributed by atoms with Gasteiger partial charge >= 0.3 is 42.5 Å². The van der Waals surface area contributed by atoms with Crippen LogP contribution in [0.5, 0.6) is 0 Å². The molecular formula is C40H63ClO22. The summed E-state index contributed by atoms with van der Waals surface area (Å²) in [5.74, 6) is -1.33. The first kappa shape index (κ1) is 59.9. The maximum atomic E-state index is 12.1. The van der Waals surface area contributed by atoms with Crippen LogP contribution >= 0.6 is 11.6 Å². The van der Waals surface area contributed by atoms with Gasteiger partial charge in [0.15, 0.2) is 0 Å². The summed E-state index contributed by atoms with van der Waals surface area (Å²) in [7, 11) is 0. The summed E-state index contributed by atoms with van der Waals surface area (Å²) in [5.41, 5.74) is 0.302. The lowest BCUT2D eigenvalue weighted by Gasteiger charge is -2.14. The second-order valence-electron chi connectivity index (χ2n) is 14.1. The fourth-order valence-corrected chi connectivity index (χ4v) is 3.46. The highest BCUT2D eigenvalue weighted by Crippen LogP contribution is 2.10. The van der Waals surface area contributed by atoms with Gasteiger partial charge in [-0.2, -0.15) is 0 Å². The first-order valence-corrected chi connectivity index (χ1v) is 20.1. The maximum absolute atomic E-state index is 12.1. The minimum absolute atomic E-state index is 0.0475. The maximum Gasteiger partial charge on any atom is 0.508 e. The zero-order valence-corrected chi connectivity index (χ0v) is 37.8. The molecule has 0 aliphatic heterocycles. The molecule has 1 aromatic rings. The summed E-state index contributed by atoms with van der Waals surface area (Å²) in [6, 6.07) is 5.42. The normalized spacial score (nSPS) is 14.1.